The normalized spacial score (nSPS) is 22.0. The summed E-state index contributed by atoms with van der Waals surface area (Å²) in [7, 11) is -3.03. The van der Waals surface area contributed by atoms with E-state index in [1.54, 1.807) is 4.68 Å². The Kier molecular flexibility index (Phi) is 4.91. The van der Waals surface area contributed by atoms with Gasteiger partial charge in [0, 0.05) is 12.0 Å². The van der Waals surface area contributed by atoms with Gasteiger partial charge in [0.1, 0.15) is 5.82 Å². The number of benzene rings is 1. The van der Waals surface area contributed by atoms with E-state index >= 15 is 0 Å². The van der Waals surface area contributed by atoms with Gasteiger partial charge < -0.3 is 5.32 Å². The van der Waals surface area contributed by atoms with Crippen LogP contribution in [0.25, 0.3) is 0 Å². The second-order valence-electron chi connectivity index (χ2n) is 7.91. The highest BCUT2D eigenvalue weighted by Gasteiger charge is 2.34. The smallest absolute Gasteiger partial charge is 0.320 e. The van der Waals surface area contributed by atoms with Gasteiger partial charge in [0.15, 0.2) is 9.84 Å². The van der Waals surface area contributed by atoms with Crippen LogP contribution >= 0.6 is 0 Å². The van der Waals surface area contributed by atoms with Crippen molar-refractivity contribution >= 4 is 21.7 Å². The van der Waals surface area contributed by atoms with Crippen LogP contribution in [0, 0.1) is 6.92 Å². The van der Waals surface area contributed by atoms with Crippen LogP contribution in [0.3, 0.4) is 0 Å². The number of sulfone groups is 1. The number of aromatic nitrogens is 2. The fraction of sp³-hybridized carbons (Fsp3) is 0.500. The van der Waals surface area contributed by atoms with Crippen LogP contribution in [-0.4, -0.2) is 35.7 Å². The average molecular weight is 403 g/mol. The van der Waals surface area contributed by atoms with Crippen molar-refractivity contribution < 1.29 is 13.2 Å². The Morgan fingerprint density at radius 3 is 2.64 bits per heavy atom. The molecule has 1 saturated heterocycles. The summed E-state index contributed by atoms with van der Waals surface area (Å²) in [5.74, 6) is 1.24. The second-order valence-corrected chi connectivity index (χ2v) is 10.1. The molecule has 2 amide bonds. The molecule has 0 bridgehead atoms. The summed E-state index contributed by atoms with van der Waals surface area (Å²) in [6.45, 7) is 3.96. The van der Waals surface area contributed by atoms with Crippen LogP contribution in [0.5, 0.6) is 0 Å². The lowest BCUT2D eigenvalue weighted by Crippen LogP contribution is -2.32. The fourth-order valence-electron chi connectivity index (χ4n) is 3.83. The highest BCUT2D eigenvalue weighted by molar-refractivity contribution is 7.91. The van der Waals surface area contributed by atoms with E-state index in [4.69, 9.17) is 0 Å². The van der Waals surface area contributed by atoms with Gasteiger partial charge in [-0.1, -0.05) is 24.3 Å². The number of anilines is 1. The maximum absolute atomic E-state index is 12.6. The minimum absolute atomic E-state index is 0.0781. The molecule has 1 aliphatic carbocycles. The van der Waals surface area contributed by atoms with E-state index in [9.17, 15) is 13.2 Å². The van der Waals surface area contributed by atoms with E-state index in [2.05, 4.69) is 15.7 Å². The Morgan fingerprint density at radius 2 is 2.00 bits per heavy atom. The zero-order valence-electron chi connectivity index (χ0n) is 16.2. The average Bonchev–Trinajstić information content (AvgIpc) is 3.30. The van der Waals surface area contributed by atoms with E-state index in [0.717, 1.165) is 29.7 Å². The van der Waals surface area contributed by atoms with Crippen LogP contribution in [0.1, 0.15) is 61.0 Å². The zero-order chi connectivity index (χ0) is 19.9. The molecule has 4 rings (SSSR count). The summed E-state index contributed by atoms with van der Waals surface area (Å²) in [5, 5.41) is 10.5. The highest BCUT2D eigenvalue weighted by Crippen LogP contribution is 2.41. The monoisotopic (exact) mass is 402 g/mol. The first-order valence-corrected chi connectivity index (χ1v) is 11.6. The van der Waals surface area contributed by atoms with Gasteiger partial charge in [0.25, 0.3) is 0 Å². The van der Waals surface area contributed by atoms with Crippen LogP contribution in [0.15, 0.2) is 30.3 Å². The standard InChI is InChI=1S/C20H26N4O3S/c1-13-5-3-4-6-17(13)14(2)21-20(25)22-19-11-18(15-7-8-15)23-24(19)16-9-10-28(26,27)12-16/h3-6,11,14-16H,7-10,12H2,1-2H3,(H2,21,22,25). The van der Waals surface area contributed by atoms with Crippen molar-refractivity contribution in [2.45, 2.75) is 51.1 Å². The molecule has 2 N–H and O–H groups in total. The number of urea groups is 1. The van der Waals surface area contributed by atoms with Gasteiger partial charge in [0.05, 0.1) is 29.3 Å². The van der Waals surface area contributed by atoms with Gasteiger partial charge in [-0.15, -0.1) is 0 Å². The maximum atomic E-state index is 12.6. The van der Waals surface area contributed by atoms with Crippen molar-refractivity contribution in [3.63, 3.8) is 0 Å². The molecule has 2 fully saturated rings. The molecule has 1 saturated carbocycles. The molecule has 0 spiro atoms. The number of nitrogens with one attached hydrogen (secondary N) is 2. The molecule has 2 aliphatic rings. The molecule has 1 aromatic heterocycles. The molecule has 8 heteroatoms. The molecule has 2 atom stereocenters. The number of carbonyl (C=O) groups is 1. The van der Waals surface area contributed by atoms with Gasteiger partial charge >= 0.3 is 6.03 Å². The van der Waals surface area contributed by atoms with Gasteiger partial charge in [-0.3, -0.25) is 5.32 Å². The second kappa shape index (κ2) is 7.24. The Morgan fingerprint density at radius 1 is 1.25 bits per heavy atom. The first-order valence-electron chi connectivity index (χ1n) is 9.75. The molecule has 7 nitrogen and oxygen atoms in total. The maximum Gasteiger partial charge on any atom is 0.320 e. The third kappa shape index (κ3) is 4.06. The number of aryl methyl sites for hydroxylation is 1. The third-order valence-corrected chi connectivity index (χ3v) is 7.30. The highest BCUT2D eigenvalue weighted by atomic mass is 32.2. The largest absolute Gasteiger partial charge is 0.331 e. The van der Waals surface area contributed by atoms with Crippen LogP contribution < -0.4 is 10.6 Å². The summed E-state index contributed by atoms with van der Waals surface area (Å²) in [5.41, 5.74) is 3.12. The first-order chi connectivity index (χ1) is 13.3. The van der Waals surface area contributed by atoms with Crippen molar-refractivity contribution in [3.8, 4) is 0 Å². The van der Waals surface area contributed by atoms with Gasteiger partial charge in [-0.05, 0) is 44.2 Å². The fourth-order valence-corrected chi connectivity index (χ4v) is 5.52. The number of nitrogens with zero attached hydrogens (tertiary/aromatic N) is 2. The summed E-state index contributed by atoms with van der Waals surface area (Å²) < 4.78 is 25.5. The van der Waals surface area contributed by atoms with E-state index in [0.29, 0.717) is 18.2 Å². The van der Waals surface area contributed by atoms with Crippen molar-refractivity contribution in [3.05, 3.63) is 47.2 Å². The number of hydrogen-bond donors (Lipinski definition) is 2. The topological polar surface area (TPSA) is 93.1 Å². The van der Waals surface area contributed by atoms with Crippen molar-refractivity contribution in [1.29, 1.82) is 0 Å². The SMILES string of the molecule is Cc1ccccc1C(C)NC(=O)Nc1cc(C2CC2)nn1C1CCS(=O)(=O)C1. The van der Waals surface area contributed by atoms with Crippen molar-refractivity contribution in [2.24, 2.45) is 0 Å². The Labute approximate surface area is 165 Å². The minimum Gasteiger partial charge on any atom is -0.331 e. The zero-order valence-corrected chi connectivity index (χ0v) is 17.0. The molecule has 150 valence electrons. The van der Waals surface area contributed by atoms with E-state index in [1.807, 2.05) is 44.2 Å². The summed E-state index contributed by atoms with van der Waals surface area (Å²) >= 11 is 0. The molecular weight excluding hydrogens is 376 g/mol. The van der Waals surface area contributed by atoms with Crippen molar-refractivity contribution in [2.75, 3.05) is 16.8 Å². The molecule has 2 unspecified atom stereocenters. The molecule has 1 aliphatic heterocycles. The summed E-state index contributed by atoms with van der Waals surface area (Å²) in [4.78, 5) is 12.6. The lowest BCUT2D eigenvalue weighted by Gasteiger charge is -2.18. The van der Waals surface area contributed by atoms with E-state index in [-0.39, 0.29) is 29.6 Å². The summed E-state index contributed by atoms with van der Waals surface area (Å²) in [6.07, 6.45) is 2.72. The van der Waals surface area contributed by atoms with Crippen LogP contribution in [0.2, 0.25) is 0 Å². The Balaban J connectivity index is 1.50. The predicted octanol–water partition coefficient (Wildman–Crippen LogP) is 3.31. The molecule has 0 radical (unpaired) electrons. The predicted molar refractivity (Wildman–Crippen MR) is 108 cm³/mol. The lowest BCUT2D eigenvalue weighted by atomic mass is 10.0. The lowest BCUT2D eigenvalue weighted by molar-refractivity contribution is 0.249. The van der Waals surface area contributed by atoms with Crippen LogP contribution in [0.4, 0.5) is 10.6 Å². The van der Waals surface area contributed by atoms with Gasteiger partial charge in [-0.25, -0.2) is 17.9 Å². The van der Waals surface area contributed by atoms with Crippen molar-refractivity contribution in [1.82, 2.24) is 15.1 Å². The van der Waals surface area contributed by atoms with Gasteiger partial charge in [0.2, 0.25) is 0 Å². The van der Waals surface area contributed by atoms with E-state index < -0.39 is 9.84 Å². The number of amides is 2. The Hall–Kier alpha value is -2.35. The molecule has 1 aromatic carbocycles. The third-order valence-electron chi connectivity index (χ3n) is 5.55. The quantitative estimate of drug-likeness (QED) is 0.802. The van der Waals surface area contributed by atoms with Gasteiger partial charge in [-0.2, -0.15) is 5.10 Å². The van der Waals surface area contributed by atoms with Crippen LogP contribution in [-0.2, 0) is 9.84 Å². The molecule has 2 heterocycles. The molecule has 28 heavy (non-hydrogen) atoms. The number of carbonyl (C=O) groups excluding carboxylic acids is 1. The van der Waals surface area contributed by atoms with E-state index in [1.165, 1.54) is 0 Å². The minimum atomic E-state index is -3.03. The Bertz CT molecular complexity index is 995. The first kappa shape index (κ1) is 19.0. The number of rotatable bonds is 5. The molecule has 2 aromatic rings. The molecular formula is C20H26N4O3S. The summed E-state index contributed by atoms with van der Waals surface area (Å²) in [6, 6.07) is 9.15. The number of hydrogen-bond acceptors (Lipinski definition) is 4.